The summed E-state index contributed by atoms with van der Waals surface area (Å²) >= 11 is 0. The fraction of sp³-hybridized carbons (Fsp3) is 0.160. The molecule has 0 saturated carbocycles. The predicted octanol–water partition coefficient (Wildman–Crippen LogP) is 4.44. The first-order valence-corrected chi connectivity index (χ1v) is 10.9. The van der Waals surface area contributed by atoms with E-state index in [2.05, 4.69) is 10.3 Å². The number of ether oxygens (including phenoxy) is 1. The van der Waals surface area contributed by atoms with E-state index in [1.165, 1.54) is 16.7 Å². The number of rotatable bonds is 5. The number of nitrogens with zero attached hydrogens (tertiary/aromatic N) is 2. The van der Waals surface area contributed by atoms with E-state index < -0.39 is 29.6 Å². The molecule has 8 nitrogen and oxygen atoms in total. The molecule has 0 radical (unpaired) electrons. The Bertz CT molecular complexity index is 1560. The zero-order chi connectivity index (χ0) is 24.9. The first kappa shape index (κ1) is 22.3. The number of pyridine rings is 1. The van der Waals surface area contributed by atoms with Crippen molar-refractivity contribution < 1.29 is 23.1 Å². The van der Waals surface area contributed by atoms with Gasteiger partial charge in [0.15, 0.2) is 11.6 Å². The average Bonchev–Trinajstić information content (AvgIpc) is 3.43. The number of benzene rings is 2. The summed E-state index contributed by atoms with van der Waals surface area (Å²) in [6.07, 6.45) is 3.64. The van der Waals surface area contributed by atoms with E-state index in [-0.39, 0.29) is 22.7 Å². The lowest BCUT2D eigenvalue weighted by atomic mass is 10.0. The molecular formula is C25H20F2N4O4. The summed E-state index contributed by atoms with van der Waals surface area (Å²) in [7, 11) is 1.58. The number of imide groups is 1. The van der Waals surface area contributed by atoms with Crippen molar-refractivity contribution in [2.75, 3.05) is 4.90 Å². The van der Waals surface area contributed by atoms with Crippen molar-refractivity contribution in [3.8, 4) is 22.6 Å². The molecule has 1 atom stereocenters. The number of nitrogens with one attached hydrogen (secondary N) is 2. The van der Waals surface area contributed by atoms with Gasteiger partial charge < -0.3 is 19.6 Å². The van der Waals surface area contributed by atoms with Crippen LogP contribution in [0.2, 0.25) is 0 Å². The minimum atomic E-state index is -0.896. The van der Waals surface area contributed by atoms with Gasteiger partial charge in [-0.3, -0.25) is 9.59 Å². The number of aromatic amines is 1. The summed E-state index contributed by atoms with van der Waals surface area (Å²) in [4.78, 5) is 41.9. The summed E-state index contributed by atoms with van der Waals surface area (Å²) in [5.74, 6) is -2.07. The van der Waals surface area contributed by atoms with Crippen LogP contribution in [0.1, 0.15) is 13.3 Å². The molecule has 2 N–H and O–H groups in total. The second-order valence-corrected chi connectivity index (χ2v) is 8.17. The molecule has 2 aromatic heterocycles. The van der Waals surface area contributed by atoms with Crippen LogP contribution in [-0.4, -0.2) is 27.5 Å². The van der Waals surface area contributed by atoms with Crippen molar-refractivity contribution in [3.05, 3.63) is 76.8 Å². The normalized spacial score (nSPS) is 15.7. The molecule has 5 rings (SSSR count). The molecule has 1 saturated heterocycles. The summed E-state index contributed by atoms with van der Waals surface area (Å²) < 4.78 is 35.0. The monoisotopic (exact) mass is 478 g/mol. The van der Waals surface area contributed by atoms with Crippen LogP contribution in [0.4, 0.5) is 19.3 Å². The van der Waals surface area contributed by atoms with Crippen LogP contribution in [0, 0.1) is 11.6 Å². The van der Waals surface area contributed by atoms with Gasteiger partial charge in [0, 0.05) is 42.0 Å². The van der Waals surface area contributed by atoms with E-state index in [1.807, 2.05) is 0 Å². The van der Waals surface area contributed by atoms with E-state index in [0.29, 0.717) is 34.5 Å². The molecule has 1 aliphatic rings. The molecule has 1 fully saturated rings. The van der Waals surface area contributed by atoms with Crippen LogP contribution in [0.5, 0.6) is 11.5 Å². The molecular weight excluding hydrogens is 458 g/mol. The largest absolute Gasteiger partial charge is 0.454 e. The third-order valence-electron chi connectivity index (χ3n) is 5.95. The molecule has 10 heteroatoms. The van der Waals surface area contributed by atoms with Gasteiger partial charge in [0.25, 0.3) is 11.5 Å². The number of hydrogen-bond donors (Lipinski definition) is 2. The van der Waals surface area contributed by atoms with Crippen molar-refractivity contribution in [1.29, 1.82) is 0 Å². The number of fused-ring (bicyclic) bond motifs is 1. The van der Waals surface area contributed by atoms with Crippen LogP contribution < -0.4 is 20.5 Å². The Balaban J connectivity index is 1.71. The summed E-state index contributed by atoms with van der Waals surface area (Å²) in [5.41, 5.74) is 1.31. The number of amides is 3. The summed E-state index contributed by atoms with van der Waals surface area (Å²) in [5, 5.41) is 3.21. The highest BCUT2D eigenvalue weighted by molar-refractivity contribution is 6.21. The van der Waals surface area contributed by atoms with Gasteiger partial charge in [-0.05, 0) is 42.8 Å². The smallest absolute Gasteiger partial charge is 0.329 e. The molecule has 3 heterocycles. The second kappa shape index (κ2) is 8.39. The SMILES string of the molecule is CCC1NC(=O)N(c2ccc(Oc3ccc(F)cc3F)c(-c3cn(C)c(=O)c4[nH]ccc34)c2)C1=O. The zero-order valence-corrected chi connectivity index (χ0v) is 18.8. The van der Waals surface area contributed by atoms with Crippen LogP contribution in [0.25, 0.3) is 22.0 Å². The minimum absolute atomic E-state index is 0.180. The Morgan fingerprint density at radius 2 is 1.77 bits per heavy atom. The first-order chi connectivity index (χ1) is 16.8. The molecule has 1 aliphatic heterocycles. The van der Waals surface area contributed by atoms with Gasteiger partial charge >= 0.3 is 6.03 Å². The van der Waals surface area contributed by atoms with Crippen molar-refractivity contribution >= 4 is 28.5 Å². The molecule has 0 bridgehead atoms. The van der Waals surface area contributed by atoms with Gasteiger partial charge in [0.2, 0.25) is 0 Å². The molecule has 0 spiro atoms. The number of aryl methyl sites for hydroxylation is 1. The lowest BCUT2D eigenvalue weighted by molar-refractivity contribution is -0.118. The molecule has 4 aromatic rings. The van der Waals surface area contributed by atoms with E-state index in [1.54, 1.807) is 38.5 Å². The average molecular weight is 478 g/mol. The highest BCUT2D eigenvalue weighted by Crippen LogP contribution is 2.40. The molecule has 1 unspecified atom stereocenters. The first-order valence-electron chi connectivity index (χ1n) is 10.9. The summed E-state index contributed by atoms with van der Waals surface area (Å²) in [6.45, 7) is 1.79. The third kappa shape index (κ3) is 3.72. The maximum atomic E-state index is 14.4. The maximum Gasteiger partial charge on any atom is 0.329 e. The highest BCUT2D eigenvalue weighted by atomic mass is 19.1. The van der Waals surface area contributed by atoms with Gasteiger partial charge in [-0.2, -0.15) is 0 Å². The third-order valence-corrected chi connectivity index (χ3v) is 5.95. The van der Waals surface area contributed by atoms with Crippen LogP contribution in [0.15, 0.2) is 59.7 Å². The Kier molecular flexibility index (Phi) is 5.35. The van der Waals surface area contributed by atoms with Gasteiger partial charge in [-0.25, -0.2) is 18.5 Å². The van der Waals surface area contributed by atoms with Crippen molar-refractivity contribution in [2.45, 2.75) is 19.4 Å². The summed E-state index contributed by atoms with van der Waals surface area (Å²) in [6, 6.07) is 8.03. The Labute approximate surface area is 197 Å². The molecule has 35 heavy (non-hydrogen) atoms. The standard InChI is InChI=1S/C25H20F2N4O4/c1-3-19-23(32)31(25(34)29-19)14-5-7-20(35-21-6-4-13(26)10-18(21)27)16(11-14)17-12-30(2)24(33)22-15(17)8-9-28-22/h4-12,19,28H,3H2,1-2H3,(H,29,34). The number of carbonyl (C=O) groups excluding carboxylic acids is 2. The number of anilines is 1. The topological polar surface area (TPSA) is 96.4 Å². The fourth-order valence-electron chi connectivity index (χ4n) is 4.17. The fourth-order valence-corrected chi connectivity index (χ4v) is 4.17. The predicted molar refractivity (Wildman–Crippen MR) is 126 cm³/mol. The molecule has 3 amide bonds. The quantitative estimate of drug-likeness (QED) is 0.415. The van der Waals surface area contributed by atoms with Crippen LogP contribution in [0.3, 0.4) is 0 Å². The van der Waals surface area contributed by atoms with E-state index in [9.17, 15) is 23.2 Å². The molecule has 178 valence electrons. The van der Waals surface area contributed by atoms with E-state index in [4.69, 9.17) is 4.74 Å². The lowest BCUT2D eigenvalue weighted by Crippen LogP contribution is -2.31. The number of halogens is 2. The highest BCUT2D eigenvalue weighted by Gasteiger charge is 2.38. The minimum Gasteiger partial charge on any atom is -0.454 e. The Morgan fingerprint density at radius 1 is 1.00 bits per heavy atom. The number of carbonyl (C=O) groups is 2. The lowest BCUT2D eigenvalue weighted by Gasteiger charge is -2.18. The Hall–Kier alpha value is -4.47. The van der Waals surface area contributed by atoms with Crippen LogP contribution >= 0.6 is 0 Å². The van der Waals surface area contributed by atoms with E-state index in [0.717, 1.165) is 17.0 Å². The number of H-pyrrole nitrogens is 1. The van der Waals surface area contributed by atoms with Crippen LogP contribution in [-0.2, 0) is 11.8 Å². The van der Waals surface area contributed by atoms with Gasteiger partial charge in [0.05, 0.1) is 5.69 Å². The number of hydrogen-bond acceptors (Lipinski definition) is 4. The van der Waals surface area contributed by atoms with E-state index >= 15 is 0 Å². The van der Waals surface area contributed by atoms with Crippen molar-refractivity contribution in [1.82, 2.24) is 14.9 Å². The van der Waals surface area contributed by atoms with Gasteiger partial charge in [-0.1, -0.05) is 6.92 Å². The zero-order valence-electron chi connectivity index (χ0n) is 18.8. The van der Waals surface area contributed by atoms with Gasteiger partial charge in [-0.15, -0.1) is 0 Å². The maximum absolute atomic E-state index is 14.4. The van der Waals surface area contributed by atoms with Crippen molar-refractivity contribution in [3.63, 3.8) is 0 Å². The van der Waals surface area contributed by atoms with Crippen molar-refractivity contribution in [2.24, 2.45) is 7.05 Å². The molecule has 2 aromatic carbocycles. The number of aromatic nitrogens is 2. The van der Waals surface area contributed by atoms with Gasteiger partial charge in [0.1, 0.15) is 23.1 Å². The molecule has 0 aliphatic carbocycles. The number of urea groups is 1. The Morgan fingerprint density at radius 3 is 2.49 bits per heavy atom. The second-order valence-electron chi connectivity index (χ2n) is 8.17.